The van der Waals surface area contributed by atoms with Crippen molar-refractivity contribution < 1.29 is 4.74 Å². The number of ether oxygens (including phenoxy) is 1. The summed E-state index contributed by atoms with van der Waals surface area (Å²) in [7, 11) is 0. The van der Waals surface area contributed by atoms with Crippen molar-refractivity contribution in [2.24, 2.45) is 4.99 Å². The Morgan fingerprint density at radius 3 is 2.86 bits per heavy atom. The van der Waals surface area contributed by atoms with Crippen LogP contribution in [0.25, 0.3) is 0 Å². The van der Waals surface area contributed by atoms with Crippen LogP contribution < -0.4 is 0 Å². The third-order valence-corrected chi connectivity index (χ3v) is 3.10. The van der Waals surface area contributed by atoms with Gasteiger partial charge in [0.05, 0.1) is 5.70 Å². The van der Waals surface area contributed by atoms with Crippen LogP contribution in [-0.4, -0.2) is 12.5 Å². The van der Waals surface area contributed by atoms with E-state index in [1.165, 1.54) is 5.56 Å². The summed E-state index contributed by atoms with van der Waals surface area (Å²) in [6, 6.07) is 10.4. The fraction of sp³-hybridized carbons (Fsp3) is 0.211. The average molecular weight is 279 g/mol. The number of aliphatic imine (C=N–C) groups is 1. The van der Waals surface area contributed by atoms with E-state index in [9.17, 15) is 0 Å². The van der Waals surface area contributed by atoms with Crippen molar-refractivity contribution in [1.82, 2.24) is 0 Å². The molecule has 2 nitrogen and oxygen atoms in total. The average Bonchev–Trinajstić information content (AvgIpc) is 2.99. The van der Waals surface area contributed by atoms with Crippen molar-refractivity contribution in [1.29, 1.82) is 0 Å². The van der Waals surface area contributed by atoms with E-state index in [0.717, 1.165) is 24.1 Å². The molecule has 0 radical (unpaired) electrons. The van der Waals surface area contributed by atoms with Crippen LogP contribution in [0.15, 0.2) is 83.6 Å². The fourth-order valence-corrected chi connectivity index (χ4v) is 2.06. The highest BCUT2D eigenvalue weighted by Crippen LogP contribution is 2.16. The van der Waals surface area contributed by atoms with Gasteiger partial charge in [0, 0.05) is 5.57 Å². The molecule has 0 fully saturated rings. The molecule has 0 spiro atoms. The Labute approximate surface area is 126 Å². The van der Waals surface area contributed by atoms with Gasteiger partial charge in [-0.1, -0.05) is 68.1 Å². The Bertz CT molecular complexity index is 591. The summed E-state index contributed by atoms with van der Waals surface area (Å²) in [4.78, 5) is 4.58. The summed E-state index contributed by atoms with van der Waals surface area (Å²) in [5.41, 5.74) is 3.29. The summed E-state index contributed by atoms with van der Waals surface area (Å²) >= 11 is 0. The Morgan fingerprint density at radius 2 is 2.14 bits per heavy atom. The molecular weight excluding hydrogens is 258 g/mol. The first-order chi connectivity index (χ1) is 10.3. The van der Waals surface area contributed by atoms with Gasteiger partial charge in [0.15, 0.2) is 0 Å². The van der Waals surface area contributed by atoms with E-state index in [1.807, 2.05) is 18.2 Å². The number of rotatable bonds is 6. The summed E-state index contributed by atoms with van der Waals surface area (Å²) in [5, 5.41) is 0. The van der Waals surface area contributed by atoms with Gasteiger partial charge in [-0.3, -0.25) is 0 Å². The molecule has 0 aromatic heterocycles. The number of allylic oxidation sites excluding steroid dienone is 4. The molecule has 108 valence electrons. The molecule has 0 N–H and O–H groups in total. The maximum absolute atomic E-state index is 5.69. The lowest BCUT2D eigenvalue weighted by atomic mass is 10.1. The van der Waals surface area contributed by atoms with Gasteiger partial charge in [0.2, 0.25) is 5.90 Å². The van der Waals surface area contributed by atoms with Crippen molar-refractivity contribution in [3.8, 4) is 0 Å². The molecule has 2 heteroatoms. The molecule has 0 saturated heterocycles. The third-order valence-electron chi connectivity index (χ3n) is 3.10. The Balaban J connectivity index is 2.08. The molecule has 0 amide bonds. The quantitative estimate of drug-likeness (QED) is 0.696. The Morgan fingerprint density at radius 1 is 1.33 bits per heavy atom. The lowest BCUT2D eigenvalue weighted by molar-refractivity contribution is 0.363. The first kappa shape index (κ1) is 15.0. The van der Waals surface area contributed by atoms with E-state index >= 15 is 0 Å². The second kappa shape index (κ2) is 8.05. The predicted octanol–water partition coefficient (Wildman–Crippen LogP) is 4.62. The highest BCUT2D eigenvalue weighted by molar-refractivity contribution is 5.98. The van der Waals surface area contributed by atoms with Crippen LogP contribution in [0.5, 0.6) is 0 Å². The lowest BCUT2D eigenvalue weighted by Crippen LogP contribution is -2.01. The van der Waals surface area contributed by atoms with E-state index in [4.69, 9.17) is 4.74 Å². The first-order valence-electron chi connectivity index (χ1n) is 7.27. The second-order valence-corrected chi connectivity index (χ2v) is 4.75. The SMILES string of the molecule is C=C/C=C\C(=C/CC)C1=N/C(=C\Cc2ccccc2)CO1. The minimum atomic E-state index is 0.547. The second-order valence-electron chi connectivity index (χ2n) is 4.75. The van der Waals surface area contributed by atoms with E-state index in [0.29, 0.717) is 12.5 Å². The summed E-state index contributed by atoms with van der Waals surface area (Å²) < 4.78 is 5.69. The highest BCUT2D eigenvalue weighted by atomic mass is 16.5. The van der Waals surface area contributed by atoms with Gasteiger partial charge in [-0.2, -0.15) is 0 Å². The van der Waals surface area contributed by atoms with Crippen molar-refractivity contribution in [3.63, 3.8) is 0 Å². The number of nitrogens with zero attached hydrogens (tertiary/aromatic N) is 1. The highest BCUT2D eigenvalue weighted by Gasteiger charge is 2.14. The van der Waals surface area contributed by atoms with Gasteiger partial charge in [0.25, 0.3) is 0 Å². The normalized spacial score (nSPS) is 17.1. The number of hydrogen-bond acceptors (Lipinski definition) is 2. The predicted molar refractivity (Wildman–Crippen MR) is 89.3 cm³/mol. The molecule has 1 aliphatic heterocycles. The molecule has 0 aliphatic carbocycles. The molecule has 1 aromatic rings. The van der Waals surface area contributed by atoms with E-state index in [1.54, 1.807) is 6.08 Å². The Hall–Kier alpha value is -2.35. The van der Waals surface area contributed by atoms with Gasteiger partial charge in [0.1, 0.15) is 6.61 Å². The zero-order chi connectivity index (χ0) is 14.9. The van der Waals surface area contributed by atoms with Crippen molar-refractivity contribution >= 4 is 5.90 Å². The first-order valence-corrected chi connectivity index (χ1v) is 7.27. The fourth-order valence-electron chi connectivity index (χ4n) is 2.06. The van der Waals surface area contributed by atoms with Gasteiger partial charge in [-0.15, -0.1) is 0 Å². The van der Waals surface area contributed by atoms with E-state index in [-0.39, 0.29) is 0 Å². The maximum Gasteiger partial charge on any atom is 0.221 e. The standard InChI is InChI=1S/C19H21NO/c1-3-5-12-17(9-4-2)19-20-18(15-21-19)14-13-16-10-7-6-8-11-16/h3,5-12,14H,1,4,13,15H2,2H3/b12-5-,17-9+,18-14-. The van der Waals surface area contributed by atoms with Gasteiger partial charge >= 0.3 is 0 Å². The Kier molecular flexibility index (Phi) is 5.77. The zero-order valence-electron chi connectivity index (χ0n) is 12.5. The molecule has 0 saturated carbocycles. The number of hydrogen-bond donors (Lipinski definition) is 0. The van der Waals surface area contributed by atoms with Gasteiger partial charge < -0.3 is 4.74 Å². The lowest BCUT2D eigenvalue weighted by Gasteiger charge is -2.00. The smallest absolute Gasteiger partial charge is 0.221 e. The molecule has 0 bridgehead atoms. The monoisotopic (exact) mass is 279 g/mol. The summed E-state index contributed by atoms with van der Waals surface area (Å²) in [6.07, 6.45) is 11.7. The van der Waals surface area contributed by atoms with Crippen LogP contribution in [0, 0.1) is 0 Å². The van der Waals surface area contributed by atoms with Gasteiger partial charge in [-0.05, 0) is 24.5 Å². The topological polar surface area (TPSA) is 21.6 Å². The molecule has 0 unspecified atom stereocenters. The zero-order valence-corrected chi connectivity index (χ0v) is 12.5. The molecule has 1 aliphatic rings. The largest absolute Gasteiger partial charge is 0.471 e. The molecule has 2 rings (SSSR count). The van der Waals surface area contributed by atoms with Gasteiger partial charge in [-0.25, -0.2) is 4.99 Å². The van der Waals surface area contributed by atoms with E-state index in [2.05, 4.69) is 54.9 Å². The molecule has 21 heavy (non-hydrogen) atoms. The van der Waals surface area contributed by atoms with Crippen LogP contribution >= 0.6 is 0 Å². The number of benzene rings is 1. The summed E-state index contributed by atoms with van der Waals surface area (Å²) in [5.74, 6) is 0.703. The minimum Gasteiger partial charge on any atom is -0.471 e. The van der Waals surface area contributed by atoms with Crippen LogP contribution in [0.1, 0.15) is 18.9 Å². The molecule has 1 aromatic carbocycles. The maximum atomic E-state index is 5.69. The molecule has 1 heterocycles. The minimum absolute atomic E-state index is 0.547. The molecular formula is C19H21NO. The van der Waals surface area contributed by atoms with Crippen molar-refractivity contribution in [3.05, 3.63) is 84.1 Å². The van der Waals surface area contributed by atoms with Crippen LogP contribution in [-0.2, 0) is 11.2 Å². The van der Waals surface area contributed by atoms with E-state index < -0.39 is 0 Å². The third kappa shape index (κ3) is 4.60. The summed E-state index contributed by atoms with van der Waals surface area (Å²) in [6.45, 7) is 6.34. The van der Waals surface area contributed by atoms with Crippen molar-refractivity contribution in [2.45, 2.75) is 19.8 Å². The van der Waals surface area contributed by atoms with Crippen molar-refractivity contribution in [2.75, 3.05) is 6.61 Å². The van der Waals surface area contributed by atoms with Crippen LogP contribution in [0.3, 0.4) is 0 Å². The molecule has 0 atom stereocenters. The van der Waals surface area contributed by atoms with Crippen LogP contribution in [0.4, 0.5) is 0 Å². The van der Waals surface area contributed by atoms with Crippen LogP contribution in [0.2, 0.25) is 0 Å².